The van der Waals surface area contributed by atoms with Crippen molar-refractivity contribution < 1.29 is 4.74 Å². The molecule has 17 heavy (non-hydrogen) atoms. The molecule has 0 saturated carbocycles. The predicted molar refractivity (Wildman–Crippen MR) is 77.0 cm³/mol. The number of ether oxygens (including phenoxy) is 1. The number of halogens is 2. The summed E-state index contributed by atoms with van der Waals surface area (Å²) in [5, 5.41) is 0. The molecule has 0 amide bonds. The van der Waals surface area contributed by atoms with Gasteiger partial charge in [0, 0.05) is 22.5 Å². The largest absolute Gasteiger partial charge is 0.496 e. The summed E-state index contributed by atoms with van der Waals surface area (Å²) in [6.07, 6.45) is 1.02. The summed E-state index contributed by atoms with van der Waals surface area (Å²) < 4.78 is 6.46. The van der Waals surface area contributed by atoms with E-state index in [9.17, 15) is 0 Å². The highest BCUT2D eigenvalue weighted by atomic mass is 79.9. The van der Waals surface area contributed by atoms with Crippen LogP contribution in [0.15, 0.2) is 22.7 Å². The van der Waals surface area contributed by atoms with Crippen LogP contribution in [-0.2, 0) is 6.54 Å². The molecule has 0 aliphatic carbocycles. The van der Waals surface area contributed by atoms with Gasteiger partial charge in [-0.25, -0.2) is 0 Å². The summed E-state index contributed by atoms with van der Waals surface area (Å²) in [6.45, 7) is 5.11. The van der Waals surface area contributed by atoms with Gasteiger partial charge in [-0.2, -0.15) is 0 Å². The van der Waals surface area contributed by atoms with Gasteiger partial charge >= 0.3 is 0 Å². The van der Waals surface area contributed by atoms with E-state index in [1.165, 1.54) is 5.56 Å². The van der Waals surface area contributed by atoms with Crippen LogP contribution in [0.2, 0.25) is 0 Å². The molecule has 0 N–H and O–H groups in total. The van der Waals surface area contributed by atoms with Crippen molar-refractivity contribution in [3.8, 4) is 5.75 Å². The SMILES string of the molecule is CCN(CCCCl)Cc1cc(Br)ccc1OC. The fourth-order valence-electron chi connectivity index (χ4n) is 1.74. The van der Waals surface area contributed by atoms with Crippen molar-refractivity contribution >= 4 is 27.5 Å². The van der Waals surface area contributed by atoms with Crippen LogP contribution in [0, 0.1) is 0 Å². The van der Waals surface area contributed by atoms with E-state index in [0.717, 1.165) is 36.3 Å². The van der Waals surface area contributed by atoms with Crippen LogP contribution < -0.4 is 4.74 Å². The molecular formula is C13H19BrClNO. The molecule has 96 valence electrons. The van der Waals surface area contributed by atoms with Gasteiger partial charge in [-0.15, -0.1) is 11.6 Å². The monoisotopic (exact) mass is 319 g/mol. The molecule has 0 aliphatic rings. The first-order valence-electron chi connectivity index (χ1n) is 5.82. The van der Waals surface area contributed by atoms with Crippen LogP contribution in [0.3, 0.4) is 0 Å². The van der Waals surface area contributed by atoms with Crippen LogP contribution in [0.5, 0.6) is 5.75 Å². The van der Waals surface area contributed by atoms with E-state index in [-0.39, 0.29) is 0 Å². The molecule has 0 spiro atoms. The van der Waals surface area contributed by atoms with Gasteiger partial charge in [0.05, 0.1) is 7.11 Å². The van der Waals surface area contributed by atoms with Crippen molar-refractivity contribution in [1.82, 2.24) is 4.90 Å². The Kier molecular flexibility index (Phi) is 6.93. The Hall–Kier alpha value is -0.250. The van der Waals surface area contributed by atoms with Crippen LogP contribution in [0.25, 0.3) is 0 Å². The van der Waals surface area contributed by atoms with Crippen molar-refractivity contribution in [3.63, 3.8) is 0 Å². The standard InChI is InChI=1S/C13H19BrClNO/c1-3-16(8-4-7-15)10-11-9-12(14)5-6-13(11)17-2/h5-6,9H,3-4,7-8,10H2,1-2H3. The second-order valence-electron chi connectivity index (χ2n) is 3.87. The van der Waals surface area contributed by atoms with E-state index in [4.69, 9.17) is 16.3 Å². The highest BCUT2D eigenvalue weighted by Crippen LogP contribution is 2.24. The second-order valence-corrected chi connectivity index (χ2v) is 5.16. The predicted octanol–water partition coefficient (Wildman–Crippen LogP) is 3.91. The number of rotatable bonds is 7. The lowest BCUT2D eigenvalue weighted by Gasteiger charge is -2.21. The van der Waals surface area contributed by atoms with Gasteiger partial charge < -0.3 is 4.74 Å². The number of alkyl halides is 1. The minimum Gasteiger partial charge on any atom is -0.496 e. The number of hydrogen-bond donors (Lipinski definition) is 0. The molecule has 1 aromatic rings. The number of nitrogens with zero attached hydrogens (tertiary/aromatic N) is 1. The number of methoxy groups -OCH3 is 1. The normalized spacial score (nSPS) is 10.9. The summed E-state index contributed by atoms with van der Waals surface area (Å²) in [5.41, 5.74) is 1.21. The zero-order valence-corrected chi connectivity index (χ0v) is 12.7. The maximum Gasteiger partial charge on any atom is 0.123 e. The zero-order valence-electron chi connectivity index (χ0n) is 10.4. The Morgan fingerprint density at radius 3 is 2.76 bits per heavy atom. The Labute approximate surface area is 117 Å². The molecule has 0 unspecified atom stereocenters. The first kappa shape index (κ1) is 14.8. The topological polar surface area (TPSA) is 12.5 Å². The molecule has 2 nitrogen and oxygen atoms in total. The third-order valence-electron chi connectivity index (χ3n) is 2.69. The average molecular weight is 321 g/mol. The lowest BCUT2D eigenvalue weighted by molar-refractivity contribution is 0.275. The molecule has 0 saturated heterocycles. The van der Waals surface area contributed by atoms with Crippen molar-refractivity contribution in [2.24, 2.45) is 0 Å². The lowest BCUT2D eigenvalue weighted by atomic mass is 10.2. The first-order chi connectivity index (χ1) is 8.21. The third kappa shape index (κ3) is 4.86. The fourth-order valence-corrected chi connectivity index (χ4v) is 2.27. The van der Waals surface area contributed by atoms with E-state index in [0.29, 0.717) is 5.88 Å². The molecule has 0 heterocycles. The third-order valence-corrected chi connectivity index (χ3v) is 3.45. The van der Waals surface area contributed by atoms with Gasteiger partial charge in [0.2, 0.25) is 0 Å². The lowest BCUT2D eigenvalue weighted by Crippen LogP contribution is -2.24. The fraction of sp³-hybridized carbons (Fsp3) is 0.538. The Morgan fingerprint density at radius 2 is 2.18 bits per heavy atom. The highest BCUT2D eigenvalue weighted by Gasteiger charge is 2.08. The molecule has 4 heteroatoms. The number of benzene rings is 1. The van der Waals surface area contributed by atoms with Crippen molar-refractivity contribution in [1.29, 1.82) is 0 Å². The second kappa shape index (κ2) is 7.96. The Bertz CT molecular complexity index is 346. The van der Waals surface area contributed by atoms with E-state index in [2.05, 4.69) is 33.8 Å². The smallest absolute Gasteiger partial charge is 0.123 e. The van der Waals surface area contributed by atoms with Crippen LogP contribution in [0.4, 0.5) is 0 Å². The van der Waals surface area contributed by atoms with Gasteiger partial charge in [0.15, 0.2) is 0 Å². The summed E-state index contributed by atoms with van der Waals surface area (Å²) in [6, 6.07) is 6.11. The summed E-state index contributed by atoms with van der Waals surface area (Å²) in [7, 11) is 1.71. The van der Waals surface area contributed by atoms with E-state index in [1.54, 1.807) is 7.11 Å². The minimum atomic E-state index is 0.714. The van der Waals surface area contributed by atoms with E-state index < -0.39 is 0 Å². The molecule has 1 rings (SSSR count). The van der Waals surface area contributed by atoms with Crippen LogP contribution in [-0.4, -0.2) is 31.0 Å². The van der Waals surface area contributed by atoms with Crippen LogP contribution in [0.1, 0.15) is 18.9 Å². The molecule has 0 radical (unpaired) electrons. The Balaban J connectivity index is 2.73. The average Bonchev–Trinajstić information content (AvgIpc) is 2.34. The zero-order chi connectivity index (χ0) is 12.7. The van der Waals surface area contributed by atoms with E-state index >= 15 is 0 Å². The Morgan fingerprint density at radius 1 is 1.41 bits per heavy atom. The van der Waals surface area contributed by atoms with E-state index in [1.807, 2.05) is 12.1 Å². The first-order valence-corrected chi connectivity index (χ1v) is 7.14. The molecular weight excluding hydrogens is 302 g/mol. The van der Waals surface area contributed by atoms with Gasteiger partial charge in [0.1, 0.15) is 5.75 Å². The summed E-state index contributed by atoms with van der Waals surface area (Å²) >= 11 is 9.23. The molecule has 0 bridgehead atoms. The molecule has 0 aliphatic heterocycles. The molecule has 0 atom stereocenters. The van der Waals surface area contributed by atoms with Crippen molar-refractivity contribution in [3.05, 3.63) is 28.2 Å². The van der Waals surface area contributed by atoms with Gasteiger partial charge in [-0.05, 0) is 37.7 Å². The summed E-state index contributed by atoms with van der Waals surface area (Å²) in [5.74, 6) is 1.66. The van der Waals surface area contributed by atoms with Crippen molar-refractivity contribution in [2.75, 3.05) is 26.1 Å². The van der Waals surface area contributed by atoms with Gasteiger partial charge in [-0.3, -0.25) is 4.90 Å². The maximum absolute atomic E-state index is 5.73. The summed E-state index contributed by atoms with van der Waals surface area (Å²) in [4.78, 5) is 2.37. The van der Waals surface area contributed by atoms with Gasteiger partial charge in [-0.1, -0.05) is 22.9 Å². The molecule has 0 fully saturated rings. The number of hydrogen-bond acceptors (Lipinski definition) is 2. The van der Waals surface area contributed by atoms with Crippen molar-refractivity contribution in [2.45, 2.75) is 19.9 Å². The van der Waals surface area contributed by atoms with Gasteiger partial charge in [0.25, 0.3) is 0 Å². The minimum absolute atomic E-state index is 0.714. The highest BCUT2D eigenvalue weighted by molar-refractivity contribution is 9.10. The van der Waals surface area contributed by atoms with Crippen LogP contribution >= 0.6 is 27.5 Å². The molecule has 1 aromatic carbocycles. The molecule has 0 aromatic heterocycles. The quantitative estimate of drug-likeness (QED) is 0.706. The maximum atomic E-state index is 5.73.